The number of benzene rings is 1. The molecule has 0 spiro atoms. The molecule has 0 aromatic heterocycles. The third-order valence-corrected chi connectivity index (χ3v) is 2.70. The Labute approximate surface area is 129 Å². The molecule has 1 aromatic carbocycles. The summed E-state index contributed by atoms with van der Waals surface area (Å²) in [5.74, 6) is 0. The molecule has 0 heterocycles. The van der Waals surface area contributed by atoms with E-state index in [0.29, 0.717) is 0 Å². The third-order valence-electron chi connectivity index (χ3n) is 2.70. The van der Waals surface area contributed by atoms with Crippen LogP contribution in [0.2, 0.25) is 0 Å². The summed E-state index contributed by atoms with van der Waals surface area (Å²) in [6, 6.07) is 6.75. The zero-order valence-corrected chi connectivity index (χ0v) is 15.3. The van der Waals surface area contributed by atoms with Crippen LogP contribution in [0.3, 0.4) is 0 Å². The monoisotopic (exact) mass is 278 g/mol. The maximum atomic E-state index is 3.55. The minimum absolute atomic E-state index is 1.15. The molecule has 0 N–H and O–H groups in total. The van der Waals surface area contributed by atoms with Crippen molar-refractivity contribution in [2.45, 2.75) is 81.1 Å². The van der Waals surface area contributed by atoms with E-state index in [9.17, 15) is 0 Å². The fourth-order valence-electron chi connectivity index (χ4n) is 1.53. The molecule has 0 amide bonds. The van der Waals surface area contributed by atoms with E-state index in [1.54, 1.807) is 0 Å². The molecule has 0 aliphatic rings. The van der Waals surface area contributed by atoms with E-state index in [2.05, 4.69) is 52.5 Å². The molecule has 0 atom stereocenters. The summed E-state index contributed by atoms with van der Waals surface area (Å²) in [5, 5.41) is 0. The first-order chi connectivity index (χ1) is 9.69. The molecular formula is C20H38. The number of aryl methyl sites for hydroxylation is 3. The van der Waals surface area contributed by atoms with Crippen LogP contribution in [0.1, 0.15) is 78.0 Å². The minimum atomic E-state index is 1.15. The topological polar surface area (TPSA) is 0 Å². The fraction of sp³-hybridized carbons (Fsp3) is 0.600. The number of hydrogen-bond acceptors (Lipinski definition) is 0. The summed E-state index contributed by atoms with van der Waals surface area (Å²) in [5.41, 5.74) is 4.36. The van der Waals surface area contributed by atoms with E-state index in [-0.39, 0.29) is 0 Å². The lowest BCUT2D eigenvalue weighted by Gasteiger charge is -2.04. The Morgan fingerprint density at radius 1 is 0.950 bits per heavy atom. The van der Waals surface area contributed by atoms with Crippen molar-refractivity contribution in [1.82, 2.24) is 0 Å². The predicted octanol–water partition coefficient (Wildman–Crippen LogP) is 7.14. The molecule has 0 aliphatic heterocycles. The maximum absolute atomic E-state index is 3.55. The van der Waals surface area contributed by atoms with Crippen molar-refractivity contribution < 1.29 is 0 Å². The van der Waals surface area contributed by atoms with Gasteiger partial charge in [0.1, 0.15) is 0 Å². The van der Waals surface area contributed by atoms with Crippen molar-refractivity contribution in [2.24, 2.45) is 0 Å². The van der Waals surface area contributed by atoms with Crippen LogP contribution in [0.4, 0.5) is 0 Å². The quantitative estimate of drug-likeness (QED) is 0.513. The molecule has 0 bridgehead atoms. The van der Waals surface area contributed by atoms with E-state index in [0.717, 1.165) is 19.3 Å². The van der Waals surface area contributed by atoms with Crippen LogP contribution < -0.4 is 0 Å². The Bertz CT molecular complexity index is 297. The van der Waals surface area contributed by atoms with Crippen LogP contribution in [0, 0.1) is 6.92 Å². The average Bonchev–Trinajstić information content (AvgIpc) is 2.53. The summed E-state index contributed by atoms with van der Waals surface area (Å²) in [7, 11) is 0. The molecule has 1 aromatic rings. The molecule has 0 heteroatoms. The summed E-state index contributed by atoms with van der Waals surface area (Å²) in [6.45, 7) is 20.3. The Balaban J connectivity index is -0.000000272. The molecular weight excluding hydrogens is 240 g/mol. The summed E-state index contributed by atoms with van der Waals surface area (Å²) in [6.07, 6.45) is 6.61. The van der Waals surface area contributed by atoms with Gasteiger partial charge in [-0.15, -0.1) is 6.58 Å². The lowest BCUT2D eigenvalue weighted by Crippen LogP contribution is -1.88. The van der Waals surface area contributed by atoms with Gasteiger partial charge in [0.05, 0.1) is 0 Å². The van der Waals surface area contributed by atoms with E-state index in [4.69, 9.17) is 0 Å². The van der Waals surface area contributed by atoms with Crippen LogP contribution in [-0.2, 0) is 12.8 Å². The van der Waals surface area contributed by atoms with E-state index in [1.807, 2.05) is 33.8 Å². The van der Waals surface area contributed by atoms with Crippen molar-refractivity contribution in [2.75, 3.05) is 0 Å². The van der Waals surface area contributed by atoms with E-state index >= 15 is 0 Å². The standard InChI is InChI=1S/C11H16.C5H10.2C2H6/c1-4-10-7-6-9(3)11(5-2)8-10;1-3-5-4-2;2*1-2/h6-8H,4-5H2,1-3H3;3H,1,4-5H2,2H3;2*1-2H3. The zero-order chi connectivity index (χ0) is 16.4. The molecule has 0 saturated carbocycles. The maximum Gasteiger partial charge on any atom is -0.0305 e. The summed E-state index contributed by atoms with van der Waals surface area (Å²) < 4.78 is 0. The SMILES string of the molecule is C=CCCC.CC.CC.CCc1ccc(C)c(CC)c1. The second-order valence-corrected chi connectivity index (χ2v) is 4.05. The van der Waals surface area contributed by atoms with E-state index < -0.39 is 0 Å². The number of rotatable bonds is 4. The first-order valence-electron chi connectivity index (χ1n) is 8.38. The van der Waals surface area contributed by atoms with Gasteiger partial charge in [0.25, 0.3) is 0 Å². The van der Waals surface area contributed by atoms with Crippen molar-refractivity contribution >= 4 is 0 Å². The van der Waals surface area contributed by atoms with Gasteiger partial charge in [-0.3, -0.25) is 0 Å². The van der Waals surface area contributed by atoms with Crippen molar-refractivity contribution in [3.63, 3.8) is 0 Å². The first-order valence-corrected chi connectivity index (χ1v) is 8.38. The van der Waals surface area contributed by atoms with Gasteiger partial charge in [0, 0.05) is 0 Å². The van der Waals surface area contributed by atoms with Crippen molar-refractivity contribution in [3.8, 4) is 0 Å². The van der Waals surface area contributed by atoms with Crippen molar-refractivity contribution in [3.05, 3.63) is 47.5 Å². The molecule has 0 unspecified atom stereocenters. The zero-order valence-electron chi connectivity index (χ0n) is 15.3. The molecule has 1 rings (SSSR count). The predicted molar refractivity (Wildman–Crippen MR) is 97.7 cm³/mol. The fourth-order valence-corrected chi connectivity index (χ4v) is 1.53. The lowest BCUT2D eigenvalue weighted by molar-refractivity contribution is 0.961. The largest absolute Gasteiger partial charge is 0.103 e. The smallest absolute Gasteiger partial charge is 0.0305 e. The van der Waals surface area contributed by atoms with Gasteiger partial charge in [-0.05, 0) is 42.9 Å². The lowest BCUT2D eigenvalue weighted by atomic mass is 10.0. The number of hydrogen-bond donors (Lipinski definition) is 0. The highest BCUT2D eigenvalue weighted by molar-refractivity contribution is 5.30. The van der Waals surface area contributed by atoms with Gasteiger partial charge in [0.2, 0.25) is 0 Å². The molecule has 118 valence electrons. The molecule has 0 radical (unpaired) electrons. The molecule has 0 saturated heterocycles. The number of unbranched alkanes of at least 4 members (excludes halogenated alkanes) is 1. The minimum Gasteiger partial charge on any atom is -0.103 e. The van der Waals surface area contributed by atoms with Gasteiger partial charge in [-0.1, -0.05) is 79.2 Å². The third kappa shape index (κ3) is 13.4. The molecule has 20 heavy (non-hydrogen) atoms. The normalized spacial score (nSPS) is 8.00. The van der Waals surface area contributed by atoms with Crippen LogP contribution in [0.25, 0.3) is 0 Å². The Morgan fingerprint density at radius 3 is 1.80 bits per heavy atom. The molecule has 0 nitrogen and oxygen atoms in total. The van der Waals surface area contributed by atoms with Crippen LogP contribution in [-0.4, -0.2) is 0 Å². The van der Waals surface area contributed by atoms with Crippen LogP contribution >= 0.6 is 0 Å². The molecule has 0 aliphatic carbocycles. The van der Waals surface area contributed by atoms with Crippen LogP contribution in [0.5, 0.6) is 0 Å². The second-order valence-electron chi connectivity index (χ2n) is 4.05. The van der Waals surface area contributed by atoms with Gasteiger partial charge >= 0.3 is 0 Å². The van der Waals surface area contributed by atoms with Crippen LogP contribution in [0.15, 0.2) is 30.9 Å². The van der Waals surface area contributed by atoms with Gasteiger partial charge < -0.3 is 0 Å². The Kier molecular flexibility index (Phi) is 24.3. The average molecular weight is 279 g/mol. The first kappa shape index (κ1) is 24.0. The van der Waals surface area contributed by atoms with E-state index in [1.165, 1.54) is 23.1 Å². The van der Waals surface area contributed by atoms with Crippen molar-refractivity contribution in [1.29, 1.82) is 0 Å². The number of allylic oxidation sites excluding steroid dienone is 1. The summed E-state index contributed by atoms with van der Waals surface area (Å²) >= 11 is 0. The molecule has 0 fully saturated rings. The van der Waals surface area contributed by atoms with Gasteiger partial charge in [-0.25, -0.2) is 0 Å². The Morgan fingerprint density at radius 2 is 1.50 bits per heavy atom. The van der Waals surface area contributed by atoms with Gasteiger partial charge in [0.15, 0.2) is 0 Å². The van der Waals surface area contributed by atoms with Gasteiger partial charge in [-0.2, -0.15) is 0 Å². The summed E-state index contributed by atoms with van der Waals surface area (Å²) in [4.78, 5) is 0. The second kappa shape index (κ2) is 20.3. The highest BCUT2D eigenvalue weighted by Crippen LogP contribution is 2.11. The Hall–Kier alpha value is -1.04. The highest BCUT2D eigenvalue weighted by atomic mass is 14.0. The highest BCUT2D eigenvalue weighted by Gasteiger charge is 1.95.